The summed E-state index contributed by atoms with van der Waals surface area (Å²) in [5.74, 6) is 1.94. The SMILES string of the molecule is CCc1nccc(-c2cccnc2Oc2cccc(NC(=O)c3cccc(C(C)C)c3)c2)n1. The van der Waals surface area contributed by atoms with E-state index in [1.165, 1.54) is 0 Å². The highest BCUT2D eigenvalue weighted by molar-refractivity contribution is 6.04. The molecule has 166 valence electrons. The third-order valence-electron chi connectivity index (χ3n) is 5.19. The summed E-state index contributed by atoms with van der Waals surface area (Å²) in [6.07, 6.45) is 4.16. The molecule has 1 N–H and O–H groups in total. The van der Waals surface area contributed by atoms with Crippen LogP contribution in [0.5, 0.6) is 11.6 Å². The molecule has 0 radical (unpaired) electrons. The summed E-state index contributed by atoms with van der Waals surface area (Å²) >= 11 is 0. The van der Waals surface area contributed by atoms with E-state index in [1.807, 2.05) is 67.6 Å². The van der Waals surface area contributed by atoms with Crippen LogP contribution in [0.3, 0.4) is 0 Å². The van der Waals surface area contributed by atoms with Crippen LogP contribution >= 0.6 is 0 Å². The molecule has 2 aromatic heterocycles. The van der Waals surface area contributed by atoms with Gasteiger partial charge in [-0.3, -0.25) is 4.79 Å². The first-order valence-electron chi connectivity index (χ1n) is 11.0. The van der Waals surface area contributed by atoms with Gasteiger partial charge in [0.25, 0.3) is 5.91 Å². The molecule has 2 heterocycles. The summed E-state index contributed by atoms with van der Waals surface area (Å²) < 4.78 is 6.09. The van der Waals surface area contributed by atoms with Crippen LogP contribution in [0, 0.1) is 0 Å². The number of ether oxygens (including phenoxy) is 1. The number of anilines is 1. The smallest absolute Gasteiger partial charge is 0.255 e. The molecule has 0 aliphatic rings. The van der Waals surface area contributed by atoms with Crippen molar-refractivity contribution in [3.05, 3.63) is 96.1 Å². The fourth-order valence-electron chi connectivity index (χ4n) is 3.38. The van der Waals surface area contributed by atoms with Crippen LogP contribution in [0.1, 0.15) is 48.4 Å². The van der Waals surface area contributed by atoms with Gasteiger partial charge >= 0.3 is 0 Å². The molecule has 0 bridgehead atoms. The molecule has 0 aliphatic carbocycles. The van der Waals surface area contributed by atoms with Crippen molar-refractivity contribution < 1.29 is 9.53 Å². The van der Waals surface area contributed by atoms with Gasteiger partial charge in [-0.25, -0.2) is 15.0 Å². The lowest BCUT2D eigenvalue weighted by Crippen LogP contribution is -2.12. The number of benzene rings is 2. The van der Waals surface area contributed by atoms with Crippen LogP contribution < -0.4 is 10.1 Å². The van der Waals surface area contributed by atoms with Crippen LogP contribution in [-0.2, 0) is 6.42 Å². The number of carbonyl (C=O) groups is 1. The van der Waals surface area contributed by atoms with Crippen LogP contribution in [0.15, 0.2) is 79.1 Å². The Balaban J connectivity index is 1.55. The van der Waals surface area contributed by atoms with E-state index in [1.54, 1.807) is 18.5 Å². The Morgan fingerprint density at radius 2 is 1.82 bits per heavy atom. The lowest BCUT2D eigenvalue weighted by Gasteiger charge is -2.12. The number of nitrogens with zero attached hydrogens (tertiary/aromatic N) is 3. The Kier molecular flexibility index (Phi) is 6.74. The van der Waals surface area contributed by atoms with Gasteiger partial charge in [0.15, 0.2) is 0 Å². The van der Waals surface area contributed by atoms with Crippen LogP contribution in [0.4, 0.5) is 5.69 Å². The van der Waals surface area contributed by atoms with Gasteiger partial charge in [-0.05, 0) is 53.9 Å². The molecule has 2 aromatic carbocycles. The molecule has 4 rings (SSSR count). The van der Waals surface area contributed by atoms with Crippen molar-refractivity contribution in [1.82, 2.24) is 15.0 Å². The first kappa shape index (κ1) is 22.1. The molecule has 0 atom stereocenters. The molecule has 1 amide bonds. The van der Waals surface area contributed by atoms with Crippen molar-refractivity contribution in [3.63, 3.8) is 0 Å². The van der Waals surface area contributed by atoms with Gasteiger partial charge in [-0.1, -0.05) is 39.0 Å². The number of carbonyl (C=O) groups excluding carboxylic acids is 1. The molecule has 0 unspecified atom stereocenters. The van der Waals surface area contributed by atoms with E-state index < -0.39 is 0 Å². The number of amides is 1. The molecular weight excluding hydrogens is 412 g/mol. The van der Waals surface area contributed by atoms with Gasteiger partial charge in [-0.15, -0.1) is 0 Å². The van der Waals surface area contributed by atoms with Gasteiger partial charge in [0.2, 0.25) is 5.88 Å². The summed E-state index contributed by atoms with van der Waals surface area (Å²) in [5.41, 5.74) is 3.91. The van der Waals surface area contributed by atoms with Crippen molar-refractivity contribution in [2.75, 3.05) is 5.32 Å². The van der Waals surface area contributed by atoms with E-state index in [0.29, 0.717) is 28.8 Å². The minimum Gasteiger partial charge on any atom is -0.438 e. The Morgan fingerprint density at radius 1 is 0.970 bits per heavy atom. The van der Waals surface area contributed by atoms with Crippen LogP contribution in [0.2, 0.25) is 0 Å². The topological polar surface area (TPSA) is 77.0 Å². The van der Waals surface area contributed by atoms with Gasteiger partial charge in [0.1, 0.15) is 11.6 Å². The van der Waals surface area contributed by atoms with E-state index in [0.717, 1.165) is 29.1 Å². The summed E-state index contributed by atoms with van der Waals surface area (Å²) in [7, 11) is 0. The maximum absolute atomic E-state index is 12.8. The zero-order chi connectivity index (χ0) is 23.2. The van der Waals surface area contributed by atoms with E-state index in [4.69, 9.17) is 4.74 Å². The average Bonchev–Trinajstić information content (AvgIpc) is 2.84. The van der Waals surface area contributed by atoms with Crippen LogP contribution in [-0.4, -0.2) is 20.9 Å². The number of nitrogens with one attached hydrogen (secondary N) is 1. The predicted octanol–water partition coefficient (Wildman–Crippen LogP) is 6.27. The molecule has 0 saturated heterocycles. The molecule has 6 heteroatoms. The number of pyridine rings is 1. The quantitative estimate of drug-likeness (QED) is 0.368. The highest BCUT2D eigenvalue weighted by atomic mass is 16.5. The van der Waals surface area contributed by atoms with E-state index in [-0.39, 0.29) is 5.91 Å². The maximum Gasteiger partial charge on any atom is 0.255 e. The lowest BCUT2D eigenvalue weighted by atomic mass is 10.0. The minimum absolute atomic E-state index is 0.166. The Hall–Kier alpha value is -4.06. The molecule has 0 fully saturated rings. The van der Waals surface area contributed by atoms with Crippen molar-refractivity contribution in [1.29, 1.82) is 0 Å². The van der Waals surface area contributed by atoms with Crippen LogP contribution in [0.25, 0.3) is 11.3 Å². The highest BCUT2D eigenvalue weighted by Crippen LogP contribution is 2.31. The third kappa shape index (κ3) is 5.41. The van der Waals surface area contributed by atoms with E-state index in [2.05, 4.69) is 34.1 Å². The number of hydrogen-bond acceptors (Lipinski definition) is 5. The van der Waals surface area contributed by atoms with Gasteiger partial charge in [0, 0.05) is 36.1 Å². The van der Waals surface area contributed by atoms with Gasteiger partial charge in [0.05, 0.1) is 11.3 Å². The van der Waals surface area contributed by atoms with Crippen molar-refractivity contribution >= 4 is 11.6 Å². The number of hydrogen-bond donors (Lipinski definition) is 1. The second-order valence-corrected chi connectivity index (χ2v) is 7.93. The maximum atomic E-state index is 12.8. The first-order chi connectivity index (χ1) is 16.0. The normalized spacial score (nSPS) is 10.8. The Labute approximate surface area is 193 Å². The van der Waals surface area contributed by atoms with Gasteiger partial charge < -0.3 is 10.1 Å². The molecule has 6 nitrogen and oxygen atoms in total. The zero-order valence-electron chi connectivity index (χ0n) is 18.9. The van der Waals surface area contributed by atoms with Crippen molar-refractivity contribution in [3.8, 4) is 22.9 Å². The molecule has 0 saturated carbocycles. The second-order valence-electron chi connectivity index (χ2n) is 7.93. The fraction of sp³-hybridized carbons (Fsp3) is 0.185. The fourth-order valence-corrected chi connectivity index (χ4v) is 3.38. The summed E-state index contributed by atoms with van der Waals surface area (Å²) in [4.78, 5) is 26.0. The van der Waals surface area contributed by atoms with E-state index in [9.17, 15) is 4.79 Å². The largest absolute Gasteiger partial charge is 0.438 e. The molecule has 0 spiro atoms. The Morgan fingerprint density at radius 3 is 2.64 bits per heavy atom. The summed E-state index contributed by atoms with van der Waals surface area (Å²) in [6.45, 7) is 6.22. The van der Waals surface area contributed by atoms with Crippen molar-refractivity contribution in [2.24, 2.45) is 0 Å². The molecule has 33 heavy (non-hydrogen) atoms. The van der Waals surface area contributed by atoms with Crippen molar-refractivity contribution in [2.45, 2.75) is 33.1 Å². The first-order valence-corrected chi connectivity index (χ1v) is 11.0. The molecule has 4 aromatic rings. The second kappa shape index (κ2) is 10.0. The van der Waals surface area contributed by atoms with Gasteiger partial charge in [-0.2, -0.15) is 0 Å². The Bertz CT molecular complexity index is 1270. The summed E-state index contributed by atoms with van der Waals surface area (Å²) in [5, 5.41) is 2.95. The number of aryl methyl sites for hydroxylation is 1. The predicted molar refractivity (Wildman–Crippen MR) is 130 cm³/mol. The standard InChI is InChI=1S/C27H26N4O2/c1-4-25-28-15-13-24(31-25)23-12-7-14-29-27(23)33-22-11-6-10-21(17-22)30-26(32)20-9-5-8-19(16-20)18(2)3/h5-18H,4H2,1-3H3,(H,30,32). The lowest BCUT2D eigenvalue weighted by molar-refractivity contribution is 0.102. The minimum atomic E-state index is -0.166. The zero-order valence-corrected chi connectivity index (χ0v) is 18.9. The third-order valence-corrected chi connectivity index (χ3v) is 5.19. The monoisotopic (exact) mass is 438 g/mol. The highest BCUT2D eigenvalue weighted by Gasteiger charge is 2.12. The number of aromatic nitrogens is 3. The molecular formula is C27H26N4O2. The average molecular weight is 439 g/mol. The summed E-state index contributed by atoms with van der Waals surface area (Å²) in [6, 6.07) is 20.5. The van der Waals surface area contributed by atoms with E-state index >= 15 is 0 Å². The molecule has 0 aliphatic heterocycles. The number of rotatable bonds is 7.